The van der Waals surface area contributed by atoms with E-state index in [1.807, 2.05) is 0 Å². The van der Waals surface area contributed by atoms with Crippen LogP contribution < -0.4 is 4.74 Å². The Morgan fingerprint density at radius 1 is 0.875 bits per heavy atom. The van der Waals surface area contributed by atoms with Crippen LogP contribution in [0.15, 0.2) is 24.3 Å². The van der Waals surface area contributed by atoms with Crippen molar-refractivity contribution in [3.8, 4) is 5.75 Å². The number of hydrogen-bond donors (Lipinski definition) is 0. The minimum atomic E-state index is -1.61. The van der Waals surface area contributed by atoms with Crippen LogP contribution in [-0.4, -0.2) is 66.6 Å². The molecule has 32 heavy (non-hydrogen) atoms. The van der Waals surface area contributed by atoms with E-state index >= 15 is 0 Å². The zero-order valence-corrected chi connectivity index (χ0v) is 17.5. The number of hydrogen-bond acceptors (Lipinski definition) is 12. The molecule has 0 radical (unpaired) electrons. The van der Waals surface area contributed by atoms with E-state index in [2.05, 4.69) is 4.74 Å². The molecule has 1 aromatic rings. The summed E-state index contributed by atoms with van der Waals surface area (Å²) in [6.45, 7) is 3.19. The molecule has 2 rings (SSSR count). The molecule has 1 heterocycles. The van der Waals surface area contributed by atoms with Gasteiger partial charge in [-0.25, -0.2) is 4.79 Å². The second-order valence-corrected chi connectivity index (χ2v) is 6.54. The summed E-state index contributed by atoms with van der Waals surface area (Å²) >= 11 is 0. The Bertz CT molecular complexity index is 883. The lowest BCUT2D eigenvalue weighted by molar-refractivity contribution is -0.384. The molecule has 13 heteroatoms. The Balaban J connectivity index is 2.47. The first-order valence-corrected chi connectivity index (χ1v) is 9.19. The number of benzene rings is 1. The van der Waals surface area contributed by atoms with Gasteiger partial charge in [0.05, 0.1) is 12.0 Å². The van der Waals surface area contributed by atoms with Crippen LogP contribution in [0.4, 0.5) is 5.69 Å². The maximum atomic E-state index is 12.3. The van der Waals surface area contributed by atoms with E-state index in [1.54, 1.807) is 0 Å². The fourth-order valence-electron chi connectivity index (χ4n) is 2.96. The molecule has 0 aromatic heterocycles. The summed E-state index contributed by atoms with van der Waals surface area (Å²) in [4.78, 5) is 57.6. The van der Waals surface area contributed by atoms with Crippen molar-refractivity contribution < 1.29 is 52.5 Å². The summed E-state index contributed by atoms with van der Waals surface area (Å²) in [5, 5.41) is 10.8. The van der Waals surface area contributed by atoms with Crippen molar-refractivity contribution in [1.82, 2.24) is 0 Å². The topological polar surface area (TPSA) is 167 Å². The quantitative estimate of drug-likeness (QED) is 0.244. The van der Waals surface area contributed by atoms with Crippen molar-refractivity contribution in [2.75, 3.05) is 7.11 Å². The molecule has 0 saturated carbocycles. The van der Waals surface area contributed by atoms with E-state index in [1.165, 1.54) is 12.1 Å². The first-order chi connectivity index (χ1) is 15.0. The molecule has 0 N–H and O–H groups in total. The van der Waals surface area contributed by atoms with Gasteiger partial charge in [-0.1, -0.05) is 0 Å². The zero-order chi connectivity index (χ0) is 24.0. The predicted molar refractivity (Wildman–Crippen MR) is 101 cm³/mol. The Kier molecular flexibility index (Phi) is 8.07. The van der Waals surface area contributed by atoms with E-state index in [-0.39, 0.29) is 11.4 Å². The highest BCUT2D eigenvalue weighted by Crippen LogP contribution is 2.31. The third kappa shape index (κ3) is 6.14. The molecule has 0 bridgehead atoms. The molecule has 1 fully saturated rings. The second kappa shape index (κ2) is 10.5. The van der Waals surface area contributed by atoms with Gasteiger partial charge in [-0.15, -0.1) is 0 Å². The molecule has 174 valence electrons. The van der Waals surface area contributed by atoms with Gasteiger partial charge in [0.1, 0.15) is 5.75 Å². The van der Waals surface area contributed by atoms with E-state index in [0.29, 0.717) is 0 Å². The Morgan fingerprint density at radius 2 is 1.38 bits per heavy atom. The van der Waals surface area contributed by atoms with Crippen LogP contribution >= 0.6 is 0 Å². The van der Waals surface area contributed by atoms with Gasteiger partial charge in [-0.3, -0.25) is 24.5 Å². The summed E-state index contributed by atoms with van der Waals surface area (Å²) in [5.74, 6) is -3.41. The zero-order valence-electron chi connectivity index (χ0n) is 17.5. The van der Waals surface area contributed by atoms with Gasteiger partial charge >= 0.3 is 23.9 Å². The number of nitro groups is 1. The van der Waals surface area contributed by atoms with Gasteiger partial charge in [0, 0.05) is 32.9 Å². The summed E-state index contributed by atoms with van der Waals surface area (Å²) < 4.78 is 31.4. The van der Waals surface area contributed by atoms with Crippen LogP contribution in [0.5, 0.6) is 5.75 Å². The number of rotatable bonds is 7. The van der Waals surface area contributed by atoms with Crippen LogP contribution in [0.1, 0.15) is 20.8 Å². The Labute approximate surface area is 181 Å². The highest BCUT2D eigenvalue weighted by molar-refractivity contribution is 5.77. The lowest BCUT2D eigenvalue weighted by Gasteiger charge is -2.43. The molecule has 1 aliphatic heterocycles. The second-order valence-electron chi connectivity index (χ2n) is 6.54. The van der Waals surface area contributed by atoms with Gasteiger partial charge in [0.2, 0.25) is 12.4 Å². The number of methoxy groups -OCH3 is 1. The normalized spacial score (nSPS) is 24.6. The number of nitro benzene ring substituents is 1. The van der Waals surface area contributed by atoms with Crippen molar-refractivity contribution in [2.45, 2.75) is 51.5 Å². The number of non-ortho nitro benzene ring substituents is 1. The summed E-state index contributed by atoms with van der Waals surface area (Å²) in [7, 11) is 1.06. The third-order valence-electron chi connectivity index (χ3n) is 4.13. The number of carbonyl (C=O) groups is 4. The molecule has 0 aliphatic carbocycles. The molecule has 0 amide bonds. The number of nitrogens with zero attached hydrogens (tertiary/aromatic N) is 1. The average Bonchev–Trinajstić information content (AvgIpc) is 2.70. The standard InChI is InChI=1S/C19H21NO12/c1-9(21)28-14-15(29-10(2)22)17(30-11(3)23)19(32-16(14)18(24)27-4)31-13-7-5-12(6-8-13)20(25)26/h5-8,14-17,19H,1-4H3/t14-,15-,16-,17+,19+/m0/s1. The van der Waals surface area contributed by atoms with E-state index in [4.69, 9.17) is 23.7 Å². The predicted octanol–water partition coefficient (Wildman–Crippen LogP) is 0.667. The smallest absolute Gasteiger partial charge is 0.339 e. The highest BCUT2D eigenvalue weighted by Gasteiger charge is 2.55. The van der Waals surface area contributed by atoms with Crippen molar-refractivity contribution in [2.24, 2.45) is 0 Å². The van der Waals surface area contributed by atoms with Gasteiger partial charge < -0.3 is 28.4 Å². The lowest BCUT2D eigenvalue weighted by Crippen LogP contribution is -2.64. The first kappa shape index (κ1) is 24.5. The number of esters is 4. The van der Waals surface area contributed by atoms with Crippen LogP contribution in [0.25, 0.3) is 0 Å². The fraction of sp³-hybridized carbons (Fsp3) is 0.474. The third-order valence-corrected chi connectivity index (χ3v) is 4.13. The summed E-state index contributed by atoms with van der Waals surface area (Å²) in [6, 6.07) is 4.81. The SMILES string of the molecule is COC(=O)[C@H]1O[C@@H](Oc2ccc([N+](=O)[O-])cc2)[C@H](OC(C)=O)[C@@H](OC(C)=O)[C@@H]1OC(C)=O. The van der Waals surface area contributed by atoms with Crippen molar-refractivity contribution in [1.29, 1.82) is 0 Å². The lowest BCUT2D eigenvalue weighted by atomic mass is 9.97. The molecular formula is C19H21NO12. The van der Waals surface area contributed by atoms with Crippen molar-refractivity contribution in [3.63, 3.8) is 0 Å². The minimum Gasteiger partial charge on any atom is -0.467 e. The molecule has 1 aromatic carbocycles. The monoisotopic (exact) mass is 455 g/mol. The molecule has 5 atom stereocenters. The number of carbonyl (C=O) groups excluding carboxylic acids is 4. The van der Waals surface area contributed by atoms with Gasteiger partial charge in [0.15, 0.2) is 18.3 Å². The van der Waals surface area contributed by atoms with Crippen LogP contribution in [0.3, 0.4) is 0 Å². The molecule has 1 saturated heterocycles. The van der Waals surface area contributed by atoms with E-state index < -0.39 is 59.5 Å². The van der Waals surface area contributed by atoms with Crippen molar-refractivity contribution >= 4 is 29.6 Å². The highest BCUT2D eigenvalue weighted by atomic mass is 16.7. The largest absolute Gasteiger partial charge is 0.467 e. The molecule has 1 aliphatic rings. The van der Waals surface area contributed by atoms with E-state index in [0.717, 1.165) is 40.0 Å². The van der Waals surface area contributed by atoms with Crippen LogP contribution in [-0.2, 0) is 42.9 Å². The van der Waals surface area contributed by atoms with Gasteiger partial charge in [-0.2, -0.15) is 0 Å². The first-order valence-electron chi connectivity index (χ1n) is 9.19. The van der Waals surface area contributed by atoms with E-state index in [9.17, 15) is 29.3 Å². The van der Waals surface area contributed by atoms with Crippen LogP contribution in [0.2, 0.25) is 0 Å². The average molecular weight is 455 g/mol. The molecule has 13 nitrogen and oxygen atoms in total. The van der Waals surface area contributed by atoms with Gasteiger partial charge in [-0.05, 0) is 12.1 Å². The van der Waals surface area contributed by atoms with Gasteiger partial charge in [0.25, 0.3) is 5.69 Å². The van der Waals surface area contributed by atoms with Crippen LogP contribution in [0, 0.1) is 10.1 Å². The summed E-state index contributed by atoms with van der Waals surface area (Å²) in [5.41, 5.74) is -0.210. The maximum Gasteiger partial charge on any atom is 0.339 e. The van der Waals surface area contributed by atoms with Crippen molar-refractivity contribution in [3.05, 3.63) is 34.4 Å². The summed E-state index contributed by atoms with van der Waals surface area (Å²) in [6.07, 6.45) is -7.65. The molecule has 0 spiro atoms. The Morgan fingerprint density at radius 3 is 1.84 bits per heavy atom. The Hall–Kier alpha value is -3.74. The maximum absolute atomic E-state index is 12.3. The molecule has 0 unspecified atom stereocenters. The minimum absolute atomic E-state index is 0.0499. The molecular weight excluding hydrogens is 434 g/mol. The number of ether oxygens (including phenoxy) is 6. The fourth-order valence-corrected chi connectivity index (χ4v) is 2.96.